The summed E-state index contributed by atoms with van der Waals surface area (Å²) in [5, 5.41) is 7.29. The van der Waals surface area contributed by atoms with Crippen LogP contribution < -0.4 is 5.32 Å². The van der Waals surface area contributed by atoms with Crippen LogP contribution in [0, 0.1) is 0 Å². The molecule has 5 nitrogen and oxygen atoms in total. The zero-order valence-electron chi connectivity index (χ0n) is 12.0. The van der Waals surface area contributed by atoms with Crippen molar-refractivity contribution >= 4 is 11.6 Å². The quantitative estimate of drug-likeness (QED) is 0.872. The summed E-state index contributed by atoms with van der Waals surface area (Å²) in [7, 11) is 1.92. The molecule has 0 aromatic carbocycles. The van der Waals surface area contributed by atoms with Gasteiger partial charge >= 0.3 is 0 Å². The summed E-state index contributed by atoms with van der Waals surface area (Å²) in [6.45, 7) is 2.06. The number of fused-ring (bicyclic) bond motifs is 1. The standard InChI is InChI=1S/C15H20N4O/c1-11(12-6-4-3-5-7-12)17-14(20)13-10-16-19-9-8-18(2)15(13)19/h6,8-11H,3-5,7H2,1-2H3,(H,17,20)/t11-/m0/s1. The Labute approximate surface area is 118 Å². The van der Waals surface area contributed by atoms with E-state index in [9.17, 15) is 4.79 Å². The van der Waals surface area contributed by atoms with Crippen LogP contribution in [-0.2, 0) is 7.05 Å². The largest absolute Gasteiger partial charge is 0.346 e. The maximum absolute atomic E-state index is 12.4. The average Bonchev–Trinajstić information content (AvgIpc) is 3.03. The number of amides is 1. The van der Waals surface area contributed by atoms with Crippen molar-refractivity contribution in [2.75, 3.05) is 0 Å². The number of nitrogens with zero attached hydrogens (tertiary/aromatic N) is 3. The second kappa shape index (κ2) is 5.15. The molecule has 2 aromatic rings. The van der Waals surface area contributed by atoms with Gasteiger partial charge in [0.1, 0.15) is 11.2 Å². The lowest BCUT2D eigenvalue weighted by molar-refractivity contribution is 0.0946. The van der Waals surface area contributed by atoms with Crippen LogP contribution >= 0.6 is 0 Å². The van der Waals surface area contributed by atoms with Gasteiger partial charge in [-0.15, -0.1) is 0 Å². The van der Waals surface area contributed by atoms with Gasteiger partial charge in [-0.3, -0.25) is 4.79 Å². The van der Waals surface area contributed by atoms with Crippen LogP contribution in [0.5, 0.6) is 0 Å². The summed E-state index contributed by atoms with van der Waals surface area (Å²) in [5.74, 6) is -0.0548. The topological polar surface area (TPSA) is 51.3 Å². The minimum absolute atomic E-state index is 0.0548. The molecule has 1 aliphatic rings. The number of allylic oxidation sites excluding steroid dienone is 1. The Morgan fingerprint density at radius 3 is 3.00 bits per heavy atom. The molecule has 0 radical (unpaired) electrons. The number of nitrogens with one attached hydrogen (secondary N) is 1. The third kappa shape index (κ3) is 2.24. The highest BCUT2D eigenvalue weighted by Gasteiger charge is 2.19. The molecule has 1 N–H and O–H groups in total. The number of rotatable bonds is 3. The monoisotopic (exact) mass is 272 g/mol. The molecular formula is C15H20N4O. The minimum Gasteiger partial charge on any atom is -0.346 e. The van der Waals surface area contributed by atoms with Crippen molar-refractivity contribution in [1.29, 1.82) is 0 Å². The van der Waals surface area contributed by atoms with Crippen LogP contribution in [0.1, 0.15) is 43.0 Å². The van der Waals surface area contributed by atoms with Gasteiger partial charge in [-0.2, -0.15) is 5.10 Å². The number of aromatic nitrogens is 3. The van der Waals surface area contributed by atoms with E-state index in [-0.39, 0.29) is 11.9 Å². The Morgan fingerprint density at radius 2 is 2.25 bits per heavy atom. The fraction of sp³-hybridized carbons (Fsp3) is 0.467. The van der Waals surface area contributed by atoms with E-state index in [0.717, 1.165) is 18.5 Å². The van der Waals surface area contributed by atoms with E-state index in [2.05, 4.69) is 23.4 Å². The first-order chi connectivity index (χ1) is 9.66. The molecule has 1 aliphatic carbocycles. The Bertz CT molecular complexity index is 665. The van der Waals surface area contributed by atoms with E-state index in [1.54, 1.807) is 10.7 Å². The van der Waals surface area contributed by atoms with E-state index in [0.29, 0.717) is 5.56 Å². The summed E-state index contributed by atoms with van der Waals surface area (Å²) in [4.78, 5) is 12.4. The molecule has 2 aromatic heterocycles. The van der Waals surface area contributed by atoms with Gasteiger partial charge in [0.2, 0.25) is 0 Å². The molecule has 0 unspecified atom stereocenters. The van der Waals surface area contributed by atoms with Crippen molar-refractivity contribution in [3.05, 3.63) is 35.8 Å². The van der Waals surface area contributed by atoms with Crippen molar-refractivity contribution in [1.82, 2.24) is 19.5 Å². The number of imidazole rings is 1. The zero-order chi connectivity index (χ0) is 14.1. The molecule has 0 fully saturated rings. The van der Waals surface area contributed by atoms with Gasteiger partial charge in [-0.05, 0) is 32.6 Å². The lowest BCUT2D eigenvalue weighted by Gasteiger charge is -2.20. The number of carbonyl (C=O) groups excluding carboxylic acids is 1. The third-order valence-electron chi connectivity index (χ3n) is 4.01. The SMILES string of the molecule is C[C@H](NC(=O)c1cnn2ccn(C)c12)C1=CCCCC1. The van der Waals surface area contributed by atoms with Gasteiger partial charge in [0.25, 0.3) is 5.91 Å². The van der Waals surface area contributed by atoms with Crippen molar-refractivity contribution < 1.29 is 4.79 Å². The van der Waals surface area contributed by atoms with Crippen LogP contribution in [0.15, 0.2) is 30.2 Å². The van der Waals surface area contributed by atoms with Crippen LogP contribution in [-0.4, -0.2) is 26.1 Å². The molecule has 0 bridgehead atoms. The predicted molar refractivity (Wildman–Crippen MR) is 77.6 cm³/mol. The highest BCUT2D eigenvalue weighted by Crippen LogP contribution is 2.20. The summed E-state index contributed by atoms with van der Waals surface area (Å²) in [5.41, 5.74) is 2.80. The molecular weight excluding hydrogens is 252 g/mol. The van der Waals surface area contributed by atoms with Crippen molar-refractivity contribution in [2.24, 2.45) is 7.05 Å². The predicted octanol–water partition coefficient (Wildman–Crippen LogP) is 2.29. The molecule has 0 aliphatic heterocycles. The lowest BCUT2D eigenvalue weighted by Crippen LogP contribution is -2.34. The van der Waals surface area contributed by atoms with Gasteiger partial charge in [0.15, 0.2) is 0 Å². The first-order valence-electron chi connectivity index (χ1n) is 7.15. The molecule has 106 valence electrons. The zero-order valence-corrected chi connectivity index (χ0v) is 12.0. The van der Waals surface area contributed by atoms with Gasteiger partial charge in [-0.1, -0.05) is 11.6 Å². The Kier molecular flexibility index (Phi) is 3.34. The van der Waals surface area contributed by atoms with E-state index < -0.39 is 0 Å². The molecule has 1 amide bonds. The van der Waals surface area contributed by atoms with Crippen molar-refractivity contribution in [2.45, 2.75) is 38.6 Å². The summed E-state index contributed by atoms with van der Waals surface area (Å²) >= 11 is 0. The Morgan fingerprint density at radius 1 is 1.40 bits per heavy atom. The van der Waals surface area contributed by atoms with Crippen LogP contribution in [0.2, 0.25) is 0 Å². The van der Waals surface area contributed by atoms with Gasteiger partial charge < -0.3 is 9.88 Å². The van der Waals surface area contributed by atoms with Gasteiger partial charge in [0.05, 0.1) is 6.20 Å². The van der Waals surface area contributed by atoms with Crippen LogP contribution in [0.4, 0.5) is 0 Å². The van der Waals surface area contributed by atoms with Crippen molar-refractivity contribution in [3.8, 4) is 0 Å². The number of carbonyl (C=O) groups is 1. The Balaban J connectivity index is 1.79. The van der Waals surface area contributed by atoms with Gasteiger partial charge in [-0.25, -0.2) is 4.52 Å². The average molecular weight is 272 g/mol. The smallest absolute Gasteiger partial charge is 0.257 e. The first kappa shape index (κ1) is 13.0. The fourth-order valence-electron chi connectivity index (χ4n) is 2.83. The van der Waals surface area contributed by atoms with E-state index >= 15 is 0 Å². The number of aryl methyl sites for hydroxylation is 1. The van der Waals surface area contributed by atoms with E-state index in [4.69, 9.17) is 0 Å². The van der Waals surface area contributed by atoms with Gasteiger partial charge in [0, 0.05) is 25.5 Å². The van der Waals surface area contributed by atoms with Crippen LogP contribution in [0.3, 0.4) is 0 Å². The molecule has 0 saturated heterocycles. The fourth-order valence-corrected chi connectivity index (χ4v) is 2.83. The number of hydrogen-bond acceptors (Lipinski definition) is 2. The molecule has 3 rings (SSSR count). The minimum atomic E-state index is -0.0548. The van der Waals surface area contributed by atoms with E-state index in [1.165, 1.54) is 18.4 Å². The normalized spacial score (nSPS) is 17.0. The maximum atomic E-state index is 12.4. The summed E-state index contributed by atoms with van der Waals surface area (Å²) < 4.78 is 3.63. The molecule has 0 spiro atoms. The number of hydrogen-bond donors (Lipinski definition) is 1. The molecule has 20 heavy (non-hydrogen) atoms. The maximum Gasteiger partial charge on any atom is 0.257 e. The molecule has 0 saturated carbocycles. The second-order valence-corrected chi connectivity index (χ2v) is 5.46. The highest BCUT2D eigenvalue weighted by molar-refractivity contribution is 6.00. The molecule has 5 heteroatoms. The highest BCUT2D eigenvalue weighted by atomic mass is 16.1. The molecule has 1 atom stereocenters. The third-order valence-corrected chi connectivity index (χ3v) is 4.01. The van der Waals surface area contributed by atoms with E-state index in [1.807, 2.05) is 24.0 Å². The second-order valence-electron chi connectivity index (χ2n) is 5.46. The summed E-state index contributed by atoms with van der Waals surface area (Å²) in [6.07, 6.45) is 12.3. The molecule has 2 heterocycles. The lowest BCUT2D eigenvalue weighted by atomic mass is 9.94. The van der Waals surface area contributed by atoms with Crippen molar-refractivity contribution in [3.63, 3.8) is 0 Å². The van der Waals surface area contributed by atoms with Crippen LogP contribution in [0.25, 0.3) is 5.65 Å². The Hall–Kier alpha value is -2.04. The summed E-state index contributed by atoms with van der Waals surface area (Å²) in [6, 6.07) is 0.0954. The first-order valence-corrected chi connectivity index (χ1v) is 7.15.